The molecule has 0 aliphatic heterocycles. The number of rotatable bonds is 2. The summed E-state index contributed by atoms with van der Waals surface area (Å²) in [6, 6.07) is 3.72. The van der Waals surface area contributed by atoms with Crippen LogP contribution in [0.2, 0.25) is 0 Å². The number of amides is 1. The lowest BCUT2D eigenvalue weighted by atomic mass is 10.3. The van der Waals surface area contributed by atoms with Crippen LogP contribution in [0.3, 0.4) is 0 Å². The van der Waals surface area contributed by atoms with Gasteiger partial charge in [0.1, 0.15) is 11.5 Å². The first-order valence-electron chi connectivity index (χ1n) is 4.38. The normalized spacial score (nSPS) is 9.93. The lowest BCUT2D eigenvalue weighted by Crippen LogP contribution is -2.13. The Bertz CT molecular complexity index is 467. The van der Waals surface area contributed by atoms with E-state index in [-0.39, 0.29) is 5.91 Å². The van der Waals surface area contributed by atoms with Crippen LogP contribution < -0.4 is 5.32 Å². The maximum atomic E-state index is 11.6. The maximum Gasteiger partial charge on any atom is 0.276 e. The third-order valence-electron chi connectivity index (χ3n) is 1.91. The van der Waals surface area contributed by atoms with Crippen molar-refractivity contribution < 1.29 is 4.79 Å². The second kappa shape index (κ2) is 4.18. The minimum Gasteiger partial charge on any atom is -0.305 e. The number of carbonyl (C=O) groups is 1. The van der Waals surface area contributed by atoms with Crippen molar-refractivity contribution in [2.75, 3.05) is 5.32 Å². The molecule has 2 heterocycles. The fraction of sp³-hybridized carbons (Fsp3) is 0.100. The predicted molar refractivity (Wildman–Crippen MR) is 59.0 cm³/mol. The zero-order chi connectivity index (χ0) is 10.7. The zero-order valence-corrected chi connectivity index (χ0v) is 8.91. The van der Waals surface area contributed by atoms with Gasteiger partial charge in [-0.2, -0.15) is 0 Å². The molecule has 5 heteroatoms. The third kappa shape index (κ3) is 2.19. The van der Waals surface area contributed by atoms with Crippen LogP contribution in [0.5, 0.6) is 0 Å². The van der Waals surface area contributed by atoms with Crippen LogP contribution in [0, 0.1) is 6.92 Å². The predicted octanol–water partition coefficient (Wildman–Crippen LogP) is 2.10. The van der Waals surface area contributed by atoms with Gasteiger partial charge in [-0.25, -0.2) is 9.97 Å². The Morgan fingerprint density at radius 2 is 2.33 bits per heavy atom. The van der Waals surface area contributed by atoms with Crippen LogP contribution in [0.4, 0.5) is 5.82 Å². The van der Waals surface area contributed by atoms with Gasteiger partial charge in [0.2, 0.25) is 0 Å². The summed E-state index contributed by atoms with van der Waals surface area (Å²) >= 11 is 1.39. The summed E-state index contributed by atoms with van der Waals surface area (Å²) < 4.78 is 0. The Morgan fingerprint density at radius 1 is 1.47 bits per heavy atom. The minimum absolute atomic E-state index is 0.224. The highest BCUT2D eigenvalue weighted by Gasteiger charge is 2.09. The summed E-state index contributed by atoms with van der Waals surface area (Å²) in [5.74, 6) is 0.355. The van der Waals surface area contributed by atoms with Crippen molar-refractivity contribution in [2.45, 2.75) is 6.92 Å². The van der Waals surface area contributed by atoms with Crippen molar-refractivity contribution in [1.29, 1.82) is 0 Å². The summed E-state index contributed by atoms with van der Waals surface area (Å²) in [5, 5.41) is 4.41. The molecule has 4 nitrogen and oxygen atoms in total. The van der Waals surface area contributed by atoms with Crippen molar-refractivity contribution >= 4 is 23.1 Å². The number of pyridine rings is 1. The van der Waals surface area contributed by atoms with Crippen LogP contribution in [-0.4, -0.2) is 15.9 Å². The Kier molecular flexibility index (Phi) is 2.73. The molecule has 0 aliphatic rings. The maximum absolute atomic E-state index is 11.6. The molecule has 1 amide bonds. The minimum atomic E-state index is -0.224. The molecule has 0 saturated carbocycles. The molecule has 0 unspecified atom stereocenters. The molecule has 0 aliphatic carbocycles. The van der Waals surface area contributed by atoms with E-state index in [0.717, 1.165) is 5.56 Å². The smallest absolute Gasteiger partial charge is 0.276 e. The standard InChI is InChI=1S/C10H9N3OS/c1-7-3-2-4-11-9(7)13-10(14)8-5-15-6-12-8/h2-6H,1H3,(H,11,13,14). The van der Waals surface area contributed by atoms with Gasteiger partial charge >= 0.3 is 0 Å². The average molecular weight is 219 g/mol. The number of aromatic nitrogens is 2. The van der Waals surface area contributed by atoms with Gasteiger partial charge in [-0.1, -0.05) is 6.07 Å². The summed E-state index contributed by atoms with van der Waals surface area (Å²) in [4.78, 5) is 19.6. The number of aryl methyl sites for hydroxylation is 1. The summed E-state index contributed by atoms with van der Waals surface area (Å²) in [7, 11) is 0. The van der Waals surface area contributed by atoms with Gasteiger partial charge < -0.3 is 5.32 Å². The van der Waals surface area contributed by atoms with Gasteiger partial charge in [-0.15, -0.1) is 11.3 Å². The molecular formula is C10H9N3OS. The van der Waals surface area contributed by atoms with Crippen LogP contribution in [-0.2, 0) is 0 Å². The van der Waals surface area contributed by atoms with Crippen molar-refractivity contribution in [3.05, 3.63) is 40.5 Å². The molecule has 1 N–H and O–H groups in total. The molecular weight excluding hydrogens is 210 g/mol. The SMILES string of the molecule is Cc1cccnc1NC(=O)c1cscn1. The topological polar surface area (TPSA) is 54.9 Å². The van der Waals surface area contributed by atoms with E-state index in [9.17, 15) is 4.79 Å². The Morgan fingerprint density at radius 3 is 3.00 bits per heavy atom. The van der Waals surface area contributed by atoms with Crippen molar-refractivity contribution in [3.63, 3.8) is 0 Å². The zero-order valence-electron chi connectivity index (χ0n) is 8.10. The fourth-order valence-electron chi connectivity index (χ4n) is 1.11. The van der Waals surface area contributed by atoms with Gasteiger partial charge in [0.25, 0.3) is 5.91 Å². The molecule has 0 spiro atoms. The highest BCUT2D eigenvalue weighted by molar-refractivity contribution is 7.07. The molecule has 0 radical (unpaired) electrons. The van der Waals surface area contributed by atoms with Crippen LogP contribution in [0.1, 0.15) is 16.1 Å². The first-order chi connectivity index (χ1) is 7.27. The second-order valence-electron chi connectivity index (χ2n) is 3.00. The van der Waals surface area contributed by atoms with Crippen molar-refractivity contribution in [1.82, 2.24) is 9.97 Å². The Labute approximate surface area is 91.0 Å². The molecule has 0 saturated heterocycles. The summed E-state index contributed by atoms with van der Waals surface area (Å²) in [6.45, 7) is 1.89. The van der Waals surface area contributed by atoms with Gasteiger partial charge in [0.15, 0.2) is 0 Å². The van der Waals surface area contributed by atoms with Crippen LogP contribution >= 0.6 is 11.3 Å². The molecule has 2 rings (SSSR count). The number of thiazole rings is 1. The molecule has 15 heavy (non-hydrogen) atoms. The summed E-state index contributed by atoms with van der Waals surface area (Å²) in [6.07, 6.45) is 1.64. The van der Waals surface area contributed by atoms with E-state index in [1.54, 1.807) is 17.1 Å². The summed E-state index contributed by atoms with van der Waals surface area (Å²) in [5.41, 5.74) is 2.98. The number of hydrogen-bond acceptors (Lipinski definition) is 4. The Balaban J connectivity index is 2.17. The van der Waals surface area contributed by atoms with E-state index in [0.29, 0.717) is 11.5 Å². The highest BCUT2D eigenvalue weighted by atomic mass is 32.1. The quantitative estimate of drug-likeness (QED) is 0.841. The number of carbonyl (C=O) groups excluding carboxylic acids is 1. The van der Waals surface area contributed by atoms with E-state index in [2.05, 4.69) is 15.3 Å². The van der Waals surface area contributed by atoms with Gasteiger partial charge in [0.05, 0.1) is 5.51 Å². The first-order valence-corrected chi connectivity index (χ1v) is 5.33. The Hall–Kier alpha value is -1.75. The number of hydrogen-bond donors (Lipinski definition) is 1. The molecule has 0 fully saturated rings. The lowest BCUT2D eigenvalue weighted by molar-refractivity contribution is 0.102. The van der Waals surface area contributed by atoms with Gasteiger partial charge in [-0.3, -0.25) is 4.79 Å². The first kappa shape index (κ1) is 9.79. The molecule has 0 atom stereocenters. The molecule has 0 aromatic carbocycles. The fourth-order valence-corrected chi connectivity index (χ4v) is 1.64. The van der Waals surface area contributed by atoms with E-state index in [4.69, 9.17) is 0 Å². The highest BCUT2D eigenvalue weighted by Crippen LogP contribution is 2.11. The van der Waals surface area contributed by atoms with E-state index in [1.807, 2.05) is 19.1 Å². The molecule has 2 aromatic rings. The second-order valence-corrected chi connectivity index (χ2v) is 3.72. The average Bonchev–Trinajstić information content (AvgIpc) is 2.74. The third-order valence-corrected chi connectivity index (χ3v) is 2.49. The largest absolute Gasteiger partial charge is 0.305 e. The molecule has 0 bridgehead atoms. The van der Waals surface area contributed by atoms with E-state index in [1.165, 1.54) is 11.3 Å². The van der Waals surface area contributed by atoms with Crippen LogP contribution in [0.25, 0.3) is 0 Å². The number of nitrogens with zero attached hydrogens (tertiary/aromatic N) is 2. The number of nitrogens with one attached hydrogen (secondary N) is 1. The molecule has 76 valence electrons. The number of anilines is 1. The molecule has 2 aromatic heterocycles. The van der Waals surface area contributed by atoms with Crippen LogP contribution in [0.15, 0.2) is 29.2 Å². The van der Waals surface area contributed by atoms with E-state index >= 15 is 0 Å². The van der Waals surface area contributed by atoms with Crippen molar-refractivity contribution in [2.24, 2.45) is 0 Å². The van der Waals surface area contributed by atoms with Gasteiger partial charge in [0, 0.05) is 11.6 Å². The monoisotopic (exact) mass is 219 g/mol. The van der Waals surface area contributed by atoms with Crippen molar-refractivity contribution in [3.8, 4) is 0 Å². The lowest BCUT2D eigenvalue weighted by Gasteiger charge is -2.04. The van der Waals surface area contributed by atoms with Gasteiger partial charge in [-0.05, 0) is 18.6 Å². The van der Waals surface area contributed by atoms with E-state index < -0.39 is 0 Å².